The summed E-state index contributed by atoms with van der Waals surface area (Å²) < 4.78 is 36.0. The van der Waals surface area contributed by atoms with E-state index in [1.807, 2.05) is 54.6 Å². The Morgan fingerprint density at radius 3 is 2.52 bits per heavy atom. The number of amides is 1. The Morgan fingerprint density at radius 1 is 0.968 bits per heavy atom. The first-order chi connectivity index (χ1) is 15.0. The van der Waals surface area contributed by atoms with Gasteiger partial charge in [0.25, 0.3) is 5.91 Å². The highest BCUT2D eigenvalue weighted by molar-refractivity contribution is 7.91. The normalized spacial score (nSPS) is 21.7. The molecule has 2 heterocycles. The number of hydrogen-bond donors (Lipinski definition) is 0. The summed E-state index contributed by atoms with van der Waals surface area (Å²) in [6.07, 6.45) is -0.378. The van der Waals surface area contributed by atoms with Gasteiger partial charge in [-0.05, 0) is 34.9 Å². The second kappa shape index (κ2) is 7.89. The number of sulfone groups is 1. The Balaban J connectivity index is 1.47. The number of fused-ring (bicyclic) bond motifs is 2. The second-order valence-electron chi connectivity index (χ2n) is 8.03. The van der Waals surface area contributed by atoms with Crippen LogP contribution in [0.25, 0.3) is 10.8 Å². The van der Waals surface area contributed by atoms with Crippen molar-refractivity contribution >= 4 is 26.5 Å². The molecule has 160 valence electrons. The molecule has 0 N–H and O–H groups in total. The zero-order valence-corrected chi connectivity index (χ0v) is 17.8. The average molecular weight is 438 g/mol. The van der Waals surface area contributed by atoms with E-state index in [0.29, 0.717) is 24.5 Å². The molecule has 0 unspecified atom stereocenters. The molecule has 3 aromatic carbocycles. The maximum Gasteiger partial charge on any atom is 0.267 e. The first-order valence-electron chi connectivity index (χ1n) is 10.4. The summed E-state index contributed by atoms with van der Waals surface area (Å²) in [5.74, 6) is 0.964. The molecule has 0 aromatic heterocycles. The molecule has 3 aromatic rings. The third-order valence-corrected chi connectivity index (χ3v) is 7.69. The van der Waals surface area contributed by atoms with Crippen molar-refractivity contribution in [3.63, 3.8) is 0 Å². The molecule has 1 amide bonds. The number of ether oxygens (including phenoxy) is 2. The molecule has 2 aliphatic heterocycles. The van der Waals surface area contributed by atoms with Crippen molar-refractivity contribution in [1.82, 2.24) is 4.90 Å². The summed E-state index contributed by atoms with van der Waals surface area (Å²) in [5, 5.41) is 2.13. The van der Waals surface area contributed by atoms with Crippen LogP contribution in [0.5, 0.6) is 11.5 Å². The lowest BCUT2D eigenvalue weighted by atomic mass is 10.0. The molecule has 2 atom stereocenters. The summed E-state index contributed by atoms with van der Waals surface area (Å²) in [6.45, 7) is 0.420. The van der Waals surface area contributed by atoms with Crippen LogP contribution in [0.2, 0.25) is 0 Å². The van der Waals surface area contributed by atoms with Crippen LogP contribution in [-0.2, 0) is 21.2 Å². The molecule has 1 fully saturated rings. The van der Waals surface area contributed by atoms with E-state index in [9.17, 15) is 13.2 Å². The minimum absolute atomic E-state index is 0.0202. The second-order valence-corrected chi connectivity index (χ2v) is 10.3. The van der Waals surface area contributed by atoms with Crippen molar-refractivity contribution in [3.05, 3.63) is 72.3 Å². The van der Waals surface area contributed by atoms with Crippen molar-refractivity contribution in [2.75, 3.05) is 18.1 Å². The van der Waals surface area contributed by atoms with E-state index in [0.717, 1.165) is 16.3 Å². The molecule has 6 nitrogen and oxygen atoms in total. The van der Waals surface area contributed by atoms with Gasteiger partial charge in [-0.2, -0.15) is 0 Å². The lowest BCUT2D eigenvalue weighted by molar-refractivity contribution is -0.143. The maximum atomic E-state index is 13.6. The topological polar surface area (TPSA) is 72.9 Å². The number of hydrogen-bond acceptors (Lipinski definition) is 5. The third kappa shape index (κ3) is 3.97. The first-order valence-corrected chi connectivity index (χ1v) is 12.2. The van der Waals surface area contributed by atoms with Crippen molar-refractivity contribution in [2.45, 2.75) is 25.1 Å². The van der Waals surface area contributed by atoms with Gasteiger partial charge in [-0.3, -0.25) is 4.79 Å². The SMILES string of the molecule is O=C([C@@H]1COc2ccccc2O1)N(Cc1cccc2ccccc12)[C@@H]1CCS(=O)(=O)C1. The van der Waals surface area contributed by atoms with Crippen LogP contribution in [0.3, 0.4) is 0 Å². The quantitative estimate of drug-likeness (QED) is 0.627. The molecule has 0 bridgehead atoms. The van der Waals surface area contributed by atoms with Crippen molar-refractivity contribution < 1.29 is 22.7 Å². The van der Waals surface area contributed by atoms with Gasteiger partial charge in [-0.15, -0.1) is 0 Å². The lowest BCUT2D eigenvalue weighted by Gasteiger charge is -2.34. The van der Waals surface area contributed by atoms with Crippen LogP contribution in [-0.4, -0.2) is 49.5 Å². The van der Waals surface area contributed by atoms with E-state index in [1.165, 1.54) is 0 Å². The van der Waals surface area contributed by atoms with E-state index in [1.54, 1.807) is 17.0 Å². The summed E-state index contributed by atoms with van der Waals surface area (Å²) in [5.41, 5.74) is 0.980. The van der Waals surface area contributed by atoms with Gasteiger partial charge in [0.05, 0.1) is 11.5 Å². The fraction of sp³-hybridized carbons (Fsp3) is 0.292. The van der Waals surface area contributed by atoms with E-state index >= 15 is 0 Å². The van der Waals surface area contributed by atoms with Gasteiger partial charge in [-0.1, -0.05) is 54.6 Å². The molecular weight excluding hydrogens is 414 g/mol. The Bertz CT molecular complexity index is 1230. The highest BCUT2D eigenvalue weighted by atomic mass is 32.2. The molecule has 0 aliphatic carbocycles. The number of carbonyl (C=O) groups is 1. The van der Waals surface area contributed by atoms with Crippen LogP contribution < -0.4 is 9.47 Å². The van der Waals surface area contributed by atoms with Gasteiger partial charge < -0.3 is 14.4 Å². The highest BCUT2D eigenvalue weighted by Gasteiger charge is 2.39. The molecule has 0 radical (unpaired) electrons. The summed E-state index contributed by atoms with van der Waals surface area (Å²) in [4.78, 5) is 15.2. The summed E-state index contributed by atoms with van der Waals surface area (Å²) in [7, 11) is -3.15. The van der Waals surface area contributed by atoms with Crippen LogP contribution in [0, 0.1) is 0 Å². The van der Waals surface area contributed by atoms with Gasteiger partial charge in [-0.25, -0.2) is 8.42 Å². The zero-order valence-electron chi connectivity index (χ0n) is 16.9. The third-order valence-electron chi connectivity index (χ3n) is 5.94. The van der Waals surface area contributed by atoms with Crippen LogP contribution in [0.4, 0.5) is 0 Å². The Hall–Kier alpha value is -3.06. The summed E-state index contributed by atoms with van der Waals surface area (Å²) in [6, 6.07) is 20.8. The predicted octanol–water partition coefficient (Wildman–Crippen LogP) is 3.20. The molecule has 0 saturated carbocycles. The predicted molar refractivity (Wildman–Crippen MR) is 118 cm³/mol. The minimum Gasteiger partial charge on any atom is -0.485 e. The largest absolute Gasteiger partial charge is 0.485 e. The Morgan fingerprint density at radius 2 is 1.71 bits per heavy atom. The Labute approximate surface area is 181 Å². The van der Waals surface area contributed by atoms with Crippen LogP contribution in [0.15, 0.2) is 66.7 Å². The molecule has 0 spiro atoms. The number of rotatable bonds is 4. The Kier molecular flexibility index (Phi) is 5.06. The molecular formula is C24H23NO5S. The van der Waals surface area contributed by atoms with Crippen LogP contribution in [0.1, 0.15) is 12.0 Å². The fourth-order valence-corrected chi connectivity index (χ4v) is 6.08. The first kappa shape index (κ1) is 19.9. The van der Waals surface area contributed by atoms with Crippen molar-refractivity contribution in [2.24, 2.45) is 0 Å². The minimum atomic E-state index is -3.15. The van der Waals surface area contributed by atoms with Crippen LogP contribution >= 0.6 is 0 Å². The number of para-hydroxylation sites is 2. The smallest absolute Gasteiger partial charge is 0.267 e. The average Bonchev–Trinajstić information content (AvgIpc) is 3.16. The monoisotopic (exact) mass is 437 g/mol. The number of carbonyl (C=O) groups excluding carboxylic acids is 1. The van der Waals surface area contributed by atoms with Crippen molar-refractivity contribution in [1.29, 1.82) is 0 Å². The lowest BCUT2D eigenvalue weighted by Crippen LogP contribution is -2.50. The highest BCUT2D eigenvalue weighted by Crippen LogP contribution is 2.32. The molecule has 5 rings (SSSR count). The fourth-order valence-electron chi connectivity index (χ4n) is 4.35. The van der Waals surface area contributed by atoms with Gasteiger partial charge in [0.2, 0.25) is 6.10 Å². The van der Waals surface area contributed by atoms with Gasteiger partial charge in [0, 0.05) is 12.6 Å². The zero-order chi connectivity index (χ0) is 21.4. The molecule has 1 saturated heterocycles. The molecule has 7 heteroatoms. The summed E-state index contributed by atoms with van der Waals surface area (Å²) >= 11 is 0. The van der Waals surface area contributed by atoms with Gasteiger partial charge >= 0.3 is 0 Å². The maximum absolute atomic E-state index is 13.6. The molecule has 31 heavy (non-hydrogen) atoms. The van der Waals surface area contributed by atoms with E-state index in [2.05, 4.69) is 0 Å². The molecule has 2 aliphatic rings. The van der Waals surface area contributed by atoms with Gasteiger partial charge in [0.15, 0.2) is 21.3 Å². The van der Waals surface area contributed by atoms with Crippen molar-refractivity contribution in [3.8, 4) is 11.5 Å². The van der Waals surface area contributed by atoms with E-state index in [-0.39, 0.29) is 30.1 Å². The van der Waals surface area contributed by atoms with E-state index < -0.39 is 15.9 Å². The standard InChI is InChI=1S/C24H23NO5S/c26-24(23-15-29-21-10-3-4-11-22(21)30-23)25(19-12-13-31(27,28)16-19)14-18-8-5-7-17-6-1-2-9-20(17)18/h1-11,19,23H,12-16H2/t19-,23+/m1/s1. The number of benzene rings is 3. The van der Waals surface area contributed by atoms with Gasteiger partial charge in [0.1, 0.15) is 6.61 Å². The van der Waals surface area contributed by atoms with E-state index in [4.69, 9.17) is 9.47 Å². The number of nitrogens with zero attached hydrogens (tertiary/aromatic N) is 1.